The van der Waals surface area contributed by atoms with Gasteiger partial charge >= 0.3 is 0 Å². The van der Waals surface area contributed by atoms with Crippen LogP contribution in [0.15, 0.2) is 59.2 Å². The average molecular weight is 410 g/mol. The molecule has 30 heavy (non-hydrogen) atoms. The number of halogens is 1. The van der Waals surface area contributed by atoms with Gasteiger partial charge < -0.3 is 16.2 Å². The highest BCUT2D eigenvalue weighted by atomic mass is 19.1. The third-order valence-electron chi connectivity index (χ3n) is 5.33. The van der Waals surface area contributed by atoms with E-state index in [1.54, 1.807) is 13.2 Å². The number of ether oxygens (including phenoxy) is 1. The van der Waals surface area contributed by atoms with Gasteiger partial charge in [0.15, 0.2) is 11.6 Å². The largest absolute Gasteiger partial charge is 0.454 e. The van der Waals surface area contributed by atoms with Crippen molar-refractivity contribution in [1.82, 2.24) is 4.90 Å². The Morgan fingerprint density at radius 3 is 2.63 bits per heavy atom. The number of amides is 1. The van der Waals surface area contributed by atoms with Crippen LogP contribution in [0.4, 0.5) is 4.39 Å². The molecule has 1 unspecified atom stereocenters. The molecule has 6 nitrogen and oxygen atoms in total. The van der Waals surface area contributed by atoms with E-state index >= 15 is 0 Å². The fourth-order valence-electron chi connectivity index (χ4n) is 3.76. The van der Waals surface area contributed by atoms with Gasteiger partial charge in [-0.05, 0) is 74.0 Å². The Hall–Kier alpha value is -3.19. The van der Waals surface area contributed by atoms with Crippen LogP contribution in [0.25, 0.3) is 0 Å². The molecule has 0 spiro atoms. The molecular weight excluding hydrogens is 383 g/mol. The van der Waals surface area contributed by atoms with Crippen molar-refractivity contribution in [1.29, 1.82) is 0 Å². The zero-order chi connectivity index (χ0) is 21.7. The van der Waals surface area contributed by atoms with Gasteiger partial charge in [0.25, 0.3) is 0 Å². The van der Waals surface area contributed by atoms with E-state index < -0.39 is 11.7 Å². The van der Waals surface area contributed by atoms with Crippen LogP contribution >= 0.6 is 0 Å². The number of rotatable bonds is 7. The average Bonchev–Trinajstić information content (AvgIpc) is 3.18. The standard InChI is InChI=1S/C23H27FN4O2/c1-15(13-25)22(27-2)20-4-3-11-28(20)14-16-5-8-18(9-6-16)30-21-10-7-17(23(26)29)12-19(21)24/h5-10,12-13,20H,3-4,11,14,25H2,1-2H3,(H2,26,29). The van der Waals surface area contributed by atoms with Crippen molar-refractivity contribution in [2.24, 2.45) is 16.5 Å². The van der Waals surface area contributed by atoms with E-state index in [0.29, 0.717) is 5.75 Å². The summed E-state index contributed by atoms with van der Waals surface area (Å²) in [6, 6.07) is 11.7. The molecule has 0 radical (unpaired) electrons. The zero-order valence-corrected chi connectivity index (χ0v) is 17.3. The minimum absolute atomic E-state index is 0.0419. The smallest absolute Gasteiger partial charge is 0.248 e. The summed E-state index contributed by atoms with van der Waals surface area (Å²) in [7, 11) is 1.81. The first-order valence-electron chi connectivity index (χ1n) is 9.88. The molecule has 1 aliphatic heterocycles. The number of primary amides is 1. The molecule has 1 aliphatic rings. The van der Waals surface area contributed by atoms with Crippen LogP contribution < -0.4 is 16.2 Å². The Bertz CT molecular complexity index is 970. The molecule has 2 aromatic carbocycles. The first kappa shape index (κ1) is 21.5. The number of hydrogen-bond donors (Lipinski definition) is 2. The van der Waals surface area contributed by atoms with Crippen molar-refractivity contribution in [3.8, 4) is 11.5 Å². The van der Waals surface area contributed by atoms with Gasteiger partial charge in [-0.2, -0.15) is 0 Å². The lowest BCUT2D eigenvalue weighted by atomic mass is 10.0. The predicted octanol–water partition coefficient (Wildman–Crippen LogP) is 3.61. The SMILES string of the molecule is CN=C(C(C)=CN)C1CCCN1Cc1ccc(Oc2ccc(C(N)=O)cc2F)cc1. The summed E-state index contributed by atoms with van der Waals surface area (Å²) in [4.78, 5) is 18.0. The fourth-order valence-corrected chi connectivity index (χ4v) is 3.76. The number of carbonyl (C=O) groups is 1. The second-order valence-electron chi connectivity index (χ2n) is 7.34. The highest BCUT2D eigenvalue weighted by Gasteiger charge is 2.29. The highest BCUT2D eigenvalue weighted by molar-refractivity contribution is 6.03. The van der Waals surface area contributed by atoms with Crippen LogP contribution in [0.3, 0.4) is 0 Å². The van der Waals surface area contributed by atoms with E-state index in [1.807, 2.05) is 31.2 Å². The predicted molar refractivity (Wildman–Crippen MR) is 116 cm³/mol. The highest BCUT2D eigenvalue weighted by Crippen LogP contribution is 2.27. The summed E-state index contributed by atoms with van der Waals surface area (Å²) in [6.45, 7) is 3.76. The summed E-state index contributed by atoms with van der Waals surface area (Å²) >= 11 is 0. The normalized spacial score (nSPS) is 17.9. The molecule has 7 heteroatoms. The molecule has 4 N–H and O–H groups in total. The summed E-state index contributed by atoms with van der Waals surface area (Å²) in [5, 5.41) is 0. The van der Waals surface area contributed by atoms with Gasteiger partial charge in [-0.1, -0.05) is 12.1 Å². The maximum Gasteiger partial charge on any atom is 0.248 e. The molecule has 1 atom stereocenters. The molecule has 2 aromatic rings. The molecule has 0 aromatic heterocycles. The third kappa shape index (κ3) is 4.86. The fraction of sp³-hybridized carbons (Fsp3) is 0.304. The van der Waals surface area contributed by atoms with Crippen molar-refractivity contribution in [3.63, 3.8) is 0 Å². The quantitative estimate of drug-likeness (QED) is 0.682. The Morgan fingerprint density at radius 2 is 2.03 bits per heavy atom. The minimum Gasteiger partial charge on any atom is -0.454 e. The zero-order valence-electron chi connectivity index (χ0n) is 17.3. The molecule has 1 heterocycles. The summed E-state index contributed by atoms with van der Waals surface area (Å²) in [5.74, 6) is -0.760. The van der Waals surface area contributed by atoms with Crippen molar-refractivity contribution >= 4 is 11.6 Å². The van der Waals surface area contributed by atoms with Crippen LogP contribution in [0.5, 0.6) is 11.5 Å². The summed E-state index contributed by atoms with van der Waals surface area (Å²) in [6.07, 6.45) is 3.78. The first-order valence-corrected chi connectivity index (χ1v) is 9.88. The van der Waals surface area contributed by atoms with Crippen LogP contribution in [0, 0.1) is 5.82 Å². The topological polar surface area (TPSA) is 93.9 Å². The Labute approximate surface area is 176 Å². The molecule has 1 amide bonds. The molecule has 158 valence electrons. The third-order valence-corrected chi connectivity index (χ3v) is 5.33. The summed E-state index contributed by atoms with van der Waals surface area (Å²) in [5.41, 5.74) is 14.1. The van der Waals surface area contributed by atoms with Gasteiger partial charge in [-0.25, -0.2) is 4.39 Å². The minimum atomic E-state index is -0.682. The van der Waals surface area contributed by atoms with Crippen molar-refractivity contribution in [3.05, 3.63) is 71.2 Å². The Morgan fingerprint density at radius 1 is 1.30 bits per heavy atom. The van der Waals surface area contributed by atoms with Crippen LogP contribution in [-0.2, 0) is 6.54 Å². The Balaban J connectivity index is 1.68. The van der Waals surface area contributed by atoms with E-state index in [9.17, 15) is 9.18 Å². The molecular formula is C23H27FN4O2. The lowest BCUT2D eigenvalue weighted by molar-refractivity contribution is 0.1000. The molecule has 0 aliphatic carbocycles. The molecule has 3 rings (SSSR count). The van der Waals surface area contributed by atoms with E-state index in [4.69, 9.17) is 16.2 Å². The van der Waals surface area contributed by atoms with Crippen molar-refractivity contribution < 1.29 is 13.9 Å². The van der Waals surface area contributed by atoms with Gasteiger partial charge in [-0.3, -0.25) is 14.7 Å². The number of nitrogens with two attached hydrogens (primary N) is 2. The number of benzene rings is 2. The molecule has 1 fully saturated rings. The first-order chi connectivity index (χ1) is 14.4. The maximum absolute atomic E-state index is 14.1. The maximum atomic E-state index is 14.1. The van der Waals surface area contributed by atoms with Gasteiger partial charge in [0.05, 0.1) is 11.8 Å². The molecule has 1 saturated heterocycles. The lowest BCUT2D eigenvalue weighted by Gasteiger charge is -2.26. The molecule has 0 bridgehead atoms. The number of likely N-dealkylation sites (tertiary alicyclic amines) is 1. The van der Waals surface area contributed by atoms with Crippen LogP contribution in [0.1, 0.15) is 35.7 Å². The second-order valence-corrected chi connectivity index (χ2v) is 7.34. The summed E-state index contributed by atoms with van der Waals surface area (Å²) < 4.78 is 19.7. The van der Waals surface area contributed by atoms with Crippen LogP contribution in [0.2, 0.25) is 0 Å². The number of carbonyl (C=O) groups excluding carboxylic acids is 1. The second kappa shape index (κ2) is 9.54. The van der Waals surface area contributed by atoms with Gasteiger partial charge in [0.2, 0.25) is 5.91 Å². The van der Waals surface area contributed by atoms with Gasteiger partial charge in [0.1, 0.15) is 5.75 Å². The lowest BCUT2D eigenvalue weighted by Crippen LogP contribution is -2.36. The monoisotopic (exact) mass is 410 g/mol. The number of hydrogen-bond acceptors (Lipinski definition) is 5. The van der Waals surface area contributed by atoms with Gasteiger partial charge in [-0.15, -0.1) is 0 Å². The van der Waals surface area contributed by atoms with Crippen LogP contribution in [-0.4, -0.2) is 36.2 Å². The van der Waals surface area contributed by atoms with E-state index in [2.05, 4.69) is 9.89 Å². The van der Waals surface area contributed by atoms with E-state index in [-0.39, 0.29) is 17.4 Å². The number of nitrogens with zero attached hydrogens (tertiary/aromatic N) is 2. The number of aliphatic imine (C=N–C) groups is 1. The van der Waals surface area contributed by atoms with Gasteiger partial charge in [0, 0.05) is 19.2 Å². The van der Waals surface area contributed by atoms with E-state index in [1.165, 1.54) is 12.1 Å². The van der Waals surface area contributed by atoms with E-state index in [0.717, 1.165) is 48.8 Å². The van der Waals surface area contributed by atoms with Crippen molar-refractivity contribution in [2.45, 2.75) is 32.4 Å². The molecule has 0 saturated carbocycles. The Kier molecular flexibility index (Phi) is 6.84. The van der Waals surface area contributed by atoms with Crippen molar-refractivity contribution in [2.75, 3.05) is 13.6 Å².